The molecule has 1 aliphatic heterocycles. The molecule has 1 saturated heterocycles. The zero-order chi connectivity index (χ0) is 12.1. The van der Waals surface area contributed by atoms with Gasteiger partial charge in [0.1, 0.15) is 11.4 Å². The predicted molar refractivity (Wildman–Crippen MR) is 59.1 cm³/mol. The third-order valence-corrected chi connectivity index (χ3v) is 2.91. The Morgan fingerprint density at radius 3 is 2.94 bits per heavy atom. The summed E-state index contributed by atoms with van der Waals surface area (Å²) >= 11 is 0. The molecular weight excluding hydrogens is 220 g/mol. The number of nitrogens with zero attached hydrogens (tertiary/aromatic N) is 3. The summed E-state index contributed by atoms with van der Waals surface area (Å²) in [5.41, 5.74) is -0.447. The third-order valence-electron chi connectivity index (χ3n) is 2.91. The molecule has 0 saturated carbocycles. The van der Waals surface area contributed by atoms with E-state index in [1.807, 2.05) is 13.0 Å². The van der Waals surface area contributed by atoms with E-state index >= 15 is 0 Å². The molecule has 6 heteroatoms. The minimum atomic E-state index is -0.447. The predicted octanol–water partition coefficient (Wildman–Crippen LogP) is 0.913. The first-order valence-corrected chi connectivity index (χ1v) is 5.81. The summed E-state index contributed by atoms with van der Waals surface area (Å²) in [7, 11) is 0. The number of aromatic amines is 1. The Kier molecular flexibility index (Phi) is 3.71. The molecule has 0 aliphatic carbocycles. The van der Waals surface area contributed by atoms with E-state index in [9.17, 15) is 0 Å². The summed E-state index contributed by atoms with van der Waals surface area (Å²) in [6.45, 7) is 3.88. The van der Waals surface area contributed by atoms with E-state index in [0.29, 0.717) is 31.5 Å². The molecule has 17 heavy (non-hydrogen) atoms. The van der Waals surface area contributed by atoms with Crippen molar-refractivity contribution < 1.29 is 9.47 Å². The lowest BCUT2D eigenvalue weighted by molar-refractivity contribution is -0.117. The molecule has 0 spiro atoms. The largest absolute Gasteiger partial charge is 0.381 e. The Bertz CT molecular complexity index is 398. The van der Waals surface area contributed by atoms with E-state index < -0.39 is 5.60 Å². The molecule has 0 unspecified atom stereocenters. The quantitative estimate of drug-likeness (QED) is 0.840. The average Bonchev–Trinajstić information content (AvgIpc) is 2.80. The maximum absolute atomic E-state index is 8.62. The number of rotatable bonds is 4. The number of nitriles is 1. The molecule has 1 N–H and O–H groups in total. The van der Waals surface area contributed by atoms with Crippen molar-refractivity contribution in [2.75, 3.05) is 19.8 Å². The van der Waals surface area contributed by atoms with Gasteiger partial charge in [-0.25, -0.2) is 4.98 Å². The van der Waals surface area contributed by atoms with Crippen LogP contribution in [-0.4, -0.2) is 35.0 Å². The lowest BCUT2D eigenvalue weighted by Crippen LogP contribution is -2.37. The second-order valence-electron chi connectivity index (χ2n) is 3.98. The van der Waals surface area contributed by atoms with Crippen LogP contribution in [0.5, 0.6) is 0 Å². The molecule has 0 aromatic carbocycles. The summed E-state index contributed by atoms with van der Waals surface area (Å²) in [5.74, 6) is 1.24. The van der Waals surface area contributed by atoms with Gasteiger partial charge in [0, 0.05) is 32.7 Å². The first kappa shape index (κ1) is 12.0. The van der Waals surface area contributed by atoms with Gasteiger partial charge in [-0.05, 0) is 6.92 Å². The maximum atomic E-state index is 8.62. The molecule has 1 aromatic heterocycles. The fourth-order valence-corrected chi connectivity index (χ4v) is 2.06. The van der Waals surface area contributed by atoms with Crippen LogP contribution in [0.3, 0.4) is 0 Å². The summed E-state index contributed by atoms with van der Waals surface area (Å²) in [6, 6.07) is 2.05. The van der Waals surface area contributed by atoms with Crippen molar-refractivity contribution in [1.29, 1.82) is 5.26 Å². The van der Waals surface area contributed by atoms with Crippen molar-refractivity contribution in [2.45, 2.75) is 31.8 Å². The van der Waals surface area contributed by atoms with Crippen LogP contribution in [0, 0.1) is 11.3 Å². The van der Waals surface area contributed by atoms with Crippen LogP contribution in [0.4, 0.5) is 0 Å². The van der Waals surface area contributed by atoms with Gasteiger partial charge in [-0.2, -0.15) is 10.4 Å². The molecular formula is C11H16N4O2. The number of hydrogen-bond donors (Lipinski definition) is 1. The standard InChI is InChI=1S/C11H16N4O2/c1-2-17-11(4-7-16-8-5-11)10-13-9(3-6-12)14-15-10/h2-5,7-8H2,1H3,(H,13,14,15). The number of H-pyrrole nitrogens is 1. The van der Waals surface area contributed by atoms with E-state index in [1.54, 1.807) is 0 Å². The first-order chi connectivity index (χ1) is 8.30. The second-order valence-corrected chi connectivity index (χ2v) is 3.98. The lowest BCUT2D eigenvalue weighted by atomic mass is 9.93. The highest BCUT2D eigenvalue weighted by Crippen LogP contribution is 2.33. The normalized spacial score (nSPS) is 18.8. The lowest BCUT2D eigenvalue weighted by Gasteiger charge is -2.34. The van der Waals surface area contributed by atoms with Crippen LogP contribution < -0.4 is 0 Å². The number of hydrogen-bond acceptors (Lipinski definition) is 5. The monoisotopic (exact) mass is 236 g/mol. The van der Waals surface area contributed by atoms with Crippen molar-refractivity contribution in [2.24, 2.45) is 0 Å². The fourth-order valence-electron chi connectivity index (χ4n) is 2.06. The van der Waals surface area contributed by atoms with Crippen LogP contribution in [0.1, 0.15) is 31.4 Å². The molecule has 1 fully saturated rings. The van der Waals surface area contributed by atoms with E-state index in [2.05, 4.69) is 15.2 Å². The molecule has 1 aliphatic rings. The zero-order valence-corrected chi connectivity index (χ0v) is 9.90. The summed E-state index contributed by atoms with van der Waals surface area (Å²) in [5, 5.41) is 15.6. The van der Waals surface area contributed by atoms with Crippen LogP contribution >= 0.6 is 0 Å². The van der Waals surface area contributed by atoms with Gasteiger partial charge >= 0.3 is 0 Å². The highest BCUT2D eigenvalue weighted by atomic mass is 16.5. The molecule has 1 aromatic rings. The molecule has 0 amide bonds. The molecule has 2 rings (SSSR count). The average molecular weight is 236 g/mol. The number of aromatic nitrogens is 3. The van der Waals surface area contributed by atoms with Gasteiger partial charge in [-0.15, -0.1) is 0 Å². The summed E-state index contributed by atoms with van der Waals surface area (Å²) < 4.78 is 11.2. The SMILES string of the molecule is CCOC1(c2n[nH]c(CC#N)n2)CCOCC1. The first-order valence-electron chi connectivity index (χ1n) is 5.81. The van der Waals surface area contributed by atoms with Crippen molar-refractivity contribution in [3.05, 3.63) is 11.6 Å². The Morgan fingerprint density at radius 1 is 1.53 bits per heavy atom. The fraction of sp³-hybridized carbons (Fsp3) is 0.727. The maximum Gasteiger partial charge on any atom is 0.182 e. The molecule has 0 atom stereocenters. The van der Waals surface area contributed by atoms with Gasteiger partial charge in [-0.3, -0.25) is 5.10 Å². The van der Waals surface area contributed by atoms with E-state index in [0.717, 1.165) is 12.8 Å². The van der Waals surface area contributed by atoms with Gasteiger partial charge in [-0.1, -0.05) is 0 Å². The topological polar surface area (TPSA) is 83.8 Å². The minimum Gasteiger partial charge on any atom is -0.381 e. The van der Waals surface area contributed by atoms with Crippen LogP contribution in [0.15, 0.2) is 0 Å². The highest BCUT2D eigenvalue weighted by molar-refractivity contribution is 5.06. The number of nitrogens with one attached hydrogen (secondary N) is 1. The third kappa shape index (κ3) is 2.46. The Balaban J connectivity index is 2.22. The molecule has 2 heterocycles. The van der Waals surface area contributed by atoms with Crippen molar-refractivity contribution in [1.82, 2.24) is 15.2 Å². The van der Waals surface area contributed by atoms with E-state index in [1.165, 1.54) is 0 Å². The van der Waals surface area contributed by atoms with Crippen LogP contribution in [0.2, 0.25) is 0 Å². The summed E-state index contributed by atoms with van der Waals surface area (Å²) in [4.78, 5) is 4.34. The van der Waals surface area contributed by atoms with Crippen molar-refractivity contribution >= 4 is 0 Å². The van der Waals surface area contributed by atoms with Crippen molar-refractivity contribution in [3.63, 3.8) is 0 Å². The molecule has 92 valence electrons. The van der Waals surface area contributed by atoms with Gasteiger partial charge in [0.25, 0.3) is 0 Å². The van der Waals surface area contributed by atoms with Gasteiger partial charge < -0.3 is 9.47 Å². The summed E-state index contributed by atoms with van der Waals surface area (Å²) in [6.07, 6.45) is 1.75. The smallest absolute Gasteiger partial charge is 0.182 e. The minimum absolute atomic E-state index is 0.242. The van der Waals surface area contributed by atoms with Gasteiger partial charge in [0.2, 0.25) is 0 Å². The zero-order valence-electron chi connectivity index (χ0n) is 9.90. The van der Waals surface area contributed by atoms with E-state index in [4.69, 9.17) is 14.7 Å². The highest BCUT2D eigenvalue weighted by Gasteiger charge is 2.39. The molecule has 0 bridgehead atoms. The van der Waals surface area contributed by atoms with Crippen LogP contribution in [-0.2, 0) is 21.5 Å². The van der Waals surface area contributed by atoms with E-state index in [-0.39, 0.29) is 6.42 Å². The number of ether oxygens (including phenoxy) is 2. The second kappa shape index (κ2) is 5.25. The molecule has 0 radical (unpaired) electrons. The van der Waals surface area contributed by atoms with Gasteiger partial charge in [0.05, 0.1) is 12.5 Å². The Hall–Kier alpha value is -1.45. The Labute approximate surface area is 99.9 Å². The Morgan fingerprint density at radius 2 is 2.29 bits per heavy atom. The van der Waals surface area contributed by atoms with Gasteiger partial charge in [0.15, 0.2) is 5.82 Å². The van der Waals surface area contributed by atoms with Crippen LogP contribution in [0.25, 0.3) is 0 Å². The van der Waals surface area contributed by atoms with Crippen molar-refractivity contribution in [3.8, 4) is 6.07 Å². The molecule has 6 nitrogen and oxygen atoms in total.